The third-order valence-electron chi connectivity index (χ3n) is 7.66. The van der Waals surface area contributed by atoms with E-state index in [1.165, 1.54) is 24.3 Å². The van der Waals surface area contributed by atoms with Gasteiger partial charge in [0.15, 0.2) is 17.2 Å². The molecule has 0 radical (unpaired) electrons. The molecule has 0 fully saturated rings. The summed E-state index contributed by atoms with van der Waals surface area (Å²) in [5.74, 6) is -0.151. The number of carbonyl (C=O) groups excluding carboxylic acids is 1. The van der Waals surface area contributed by atoms with Crippen LogP contribution in [0.2, 0.25) is 0 Å². The van der Waals surface area contributed by atoms with E-state index in [1.807, 2.05) is 77.4 Å². The first-order valence-corrected chi connectivity index (χ1v) is 14.7. The number of aromatic nitrogens is 6. The van der Waals surface area contributed by atoms with Crippen LogP contribution < -0.4 is 11.1 Å². The Morgan fingerprint density at radius 3 is 2.27 bits per heavy atom. The quantitative estimate of drug-likeness (QED) is 0.178. The van der Waals surface area contributed by atoms with Crippen LogP contribution in [0.1, 0.15) is 21.6 Å². The number of rotatable bonds is 7. The van der Waals surface area contributed by atoms with Gasteiger partial charge in [0.05, 0.1) is 16.9 Å². The molecule has 3 aromatic carbocycles. The molecule has 0 saturated carbocycles. The fraction of sp³-hybridized carbons (Fsp3) is 0.0571. The number of pyridine rings is 2. The lowest BCUT2D eigenvalue weighted by Crippen LogP contribution is -2.22. The lowest BCUT2D eigenvalue weighted by Gasteiger charge is -2.12. The van der Waals surface area contributed by atoms with E-state index < -0.39 is 17.8 Å². The van der Waals surface area contributed by atoms with Crippen LogP contribution in [-0.4, -0.2) is 40.3 Å². The van der Waals surface area contributed by atoms with Gasteiger partial charge in [-0.3, -0.25) is 9.36 Å². The topological polar surface area (TPSA) is 137 Å². The number of nitrogen functional groups attached to an aromatic ring is 1. The first-order chi connectivity index (χ1) is 23.2. The van der Waals surface area contributed by atoms with Crippen molar-refractivity contribution in [3.8, 4) is 39.9 Å². The lowest BCUT2D eigenvalue weighted by molar-refractivity contribution is -0.141. The second-order valence-electron chi connectivity index (χ2n) is 10.8. The molecule has 7 rings (SSSR count). The number of imidazole rings is 1. The minimum atomic E-state index is -4.70. The van der Waals surface area contributed by atoms with E-state index in [0.717, 1.165) is 27.2 Å². The zero-order chi connectivity index (χ0) is 33.4. The highest BCUT2D eigenvalue weighted by Gasteiger charge is 2.35. The summed E-state index contributed by atoms with van der Waals surface area (Å²) in [6, 6.07) is 31.1. The fourth-order valence-electron chi connectivity index (χ4n) is 5.26. The Hall–Kier alpha value is -6.50. The standard InChI is InChI=1S/C35H25F3N8O2/c36-35(37,38)29-19-30(47)46(44-29)25-14-10-23(11-15-25)34(48)41-20-21-8-12-24(13-9-21)45-32(26-7-4-18-40-31(26)39)43-28-17-16-27(42-33(28)45)22-5-2-1-3-6-22/h1-19,47H,20H2,(H2,39,40)(H,41,48). The third-order valence-corrected chi connectivity index (χ3v) is 7.66. The highest BCUT2D eigenvalue weighted by atomic mass is 19.4. The molecule has 7 aromatic rings. The van der Waals surface area contributed by atoms with Crippen molar-refractivity contribution in [3.05, 3.63) is 132 Å². The van der Waals surface area contributed by atoms with Crippen LogP contribution in [0.25, 0.3) is 45.2 Å². The molecule has 1 amide bonds. The number of nitrogens with one attached hydrogen (secondary N) is 1. The smallest absolute Gasteiger partial charge is 0.435 e. The summed E-state index contributed by atoms with van der Waals surface area (Å²) < 4.78 is 41.6. The molecule has 0 aliphatic rings. The molecule has 10 nitrogen and oxygen atoms in total. The largest absolute Gasteiger partial charge is 0.493 e. The number of anilines is 1. The summed E-state index contributed by atoms with van der Waals surface area (Å²) >= 11 is 0. The number of carbonyl (C=O) groups is 1. The summed E-state index contributed by atoms with van der Waals surface area (Å²) in [5.41, 5.74) is 10.8. The molecule has 0 aliphatic carbocycles. The SMILES string of the molecule is Nc1ncccc1-c1nc2ccc(-c3ccccc3)nc2n1-c1ccc(CNC(=O)c2ccc(-n3nc(C(F)(F)F)cc3O)cc2)cc1. The molecule has 0 saturated heterocycles. The molecule has 0 atom stereocenters. The summed E-state index contributed by atoms with van der Waals surface area (Å²) in [4.78, 5) is 27.0. The maximum Gasteiger partial charge on any atom is 0.435 e. The molecule has 4 aromatic heterocycles. The summed E-state index contributed by atoms with van der Waals surface area (Å²) in [5, 5.41) is 16.2. The van der Waals surface area contributed by atoms with Crippen LogP contribution in [0.5, 0.6) is 5.88 Å². The lowest BCUT2D eigenvalue weighted by atomic mass is 10.1. The van der Waals surface area contributed by atoms with Crippen molar-refractivity contribution in [2.75, 3.05) is 5.73 Å². The van der Waals surface area contributed by atoms with E-state index in [1.54, 1.807) is 12.3 Å². The van der Waals surface area contributed by atoms with Gasteiger partial charge in [0.1, 0.15) is 11.3 Å². The van der Waals surface area contributed by atoms with Crippen LogP contribution >= 0.6 is 0 Å². The minimum absolute atomic E-state index is 0.167. The zero-order valence-electron chi connectivity index (χ0n) is 24.9. The molecule has 238 valence electrons. The van der Waals surface area contributed by atoms with Crippen LogP contribution in [-0.2, 0) is 12.7 Å². The van der Waals surface area contributed by atoms with Gasteiger partial charge in [0.2, 0.25) is 5.88 Å². The molecule has 0 aliphatic heterocycles. The maximum absolute atomic E-state index is 13.0. The number of nitrogens with two attached hydrogens (primary N) is 1. The van der Waals surface area contributed by atoms with Gasteiger partial charge in [-0.05, 0) is 66.2 Å². The molecule has 0 unspecified atom stereocenters. The van der Waals surface area contributed by atoms with Crippen molar-refractivity contribution in [3.63, 3.8) is 0 Å². The molecule has 4 heterocycles. The highest BCUT2D eigenvalue weighted by molar-refractivity contribution is 5.94. The molecule has 13 heteroatoms. The zero-order valence-corrected chi connectivity index (χ0v) is 24.9. The van der Waals surface area contributed by atoms with Crippen molar-refractivity contribution < 1.29 is 23.1 Å². The van der Waals surface area contributed by atoms with Crippen molar-refractivity contribution in [1.82, 2.24) is 34.6 Å². The van der Waals surface area contributed by atoms with Crippen LogP contribution in [0.15, 0.2) is 115 Å². The number of hydrogen-bond acceptors (Lipinski definition) is 7. The Morgan fingerprint density at radius 2 is 1.58 bits per heavy atom. The Morgan fingerprint density at radius 1 is 0.854 bits per heavy atom. The molecule has 0 bridgehead atoms. The Labute approximate surface area is 271 Å². The van der Waals surface area contributed by atoms with Gasteiger partial charge in [-0.15, -0.1) is 0 Å². The van der Waals surface area contributed by atoms with E-state index in [-0.39, 0.29) is 23.7 Å². The van der Waals surface area contributed by atoms with Gasteiger partial charge < -0.3 is 16.2 Å². The highest BCUT2D eigenvalue weighted by Crippen LogP contribution is 2.33. The van der Waals surface area contributed by atoms with Gasteiger partial charge in [0, 0.05) is 35.6 Å². The van der Waals surface area contributed by atoms with Crippen molar-refractivity contribution in [2.45, 2.75) is 12.7 Å². The molecule has 48 heavy (non-hydrogen) atoms. The molecular formula is C35H25F3N8O2. The molecular weight excluding hydrogens is 621 g/mol. The average Bonchev–Trinajstić information content (AvgIpc) is 3.69. The number of nitrogens with zero attached hydrogens (tertiary/aromatic N) is 6. The predicted octanol–water partition coefficient (Wildman–Crippen LogP) is 6.57. The second kappa shape index (κ2) is 12.0. The van der Waals surface area contributed by atoms with E-state index in [0.29, 0.717) is 34.4 Å². The predicted molar refractivity (Wildman–Crippen MR) is 173 cm³/mol. The van der Waals surface area contributed by atoms with Crippen LogP contribution in [0.3, 0.4) is 0 Å². The summed E-state index contributed by atoms with van der Waals surface area (Å²) in [7, 11) is 0. The van der Waals surface area contributed by atoms with Crippen molar-refractivity contribution in [2.24, 2.45) is 0 Å². The maximum atomic E-state index is 13.0. The second-order valence-corrected chi connectivity index (χ2v) is 10.8. The Bertz CT molecular complexity index is 2260. The number of aromatic hydroxyl groups is 1. The van der Waals surface area contributed by atoms with Gasteiger partial charge in [-0.25, -0.2) is 19.6 Å². The average molecular weight is 647 g/mol. The van der Waals surface area contributed by atoms with Crippen molar-refractivity contribution >= 4 is 22.9 Å². The summed E-state index contributed by atoms with van der Waals surface area (Å²) in [6.07, 6.45) is -3.09. The Balaban J connectivity index is 1.13. The minimum Gasteiger partial charge on any atom is -0.493 e. The number of halogens is 3. The molecule has 4 N–H and O–H groups in total. The van der Waals surface area contributed by atoms with Crippen LogP contribution in [0, 0.1) is 0 Å². The fourth-order valence-corrected chi connectivity index (χ4v) is 5.26. The van der Waals surface area contributed by atoms with Gasteiger partial charge in [-0.1, -0.05) is 42.5 Å². The van der Waals surface area contributed by atoms with Crippen LogP contribution in [0.4, 0.5) is 19.0 Å². The normalized spacial score (nSPS) is 11.6. The molecule has 0 spiro atoms. The Kier molecular flexibility index (Phi) is 7.56. The van der Waals surface area contributed by atoms with Gasteiger partial charge >= 0.3 is 6.18 Å². The first kappa shape index (κ1) is 30.2. The van der Waals surface area contributed by atoms with Crippen molar-refractivity contribution in [1.29, 1.82) is 0 Å². The van der Waals surface area contributed by atoms with Gasteiger partial charge in [0.25, 0.3) is 5.91 Å². The number of fused-ring (bicyclic) bond motifs is 1. The number of benzene rings is 3. The number of amides is 1. The third kappa shape index (κ3) is 5.80. The van der Waals surface area contributed by atoms with E-state index in [4.69, 9.17) is 15.7 Å². The van der Waals surface area contributed by atoms with Gasteiger partial charge in [-0.2, -0.15) is 18.3 Å². The summed E-state index contributed by atoms with van der Waals surface area (Å²) in [6.45, 7) is 0.208. The number of hydrogen-bond donors (Lipinski definition) is 3. The monoisotopic (exact) mass is 646 g/mol. The number of alkyl halides is 3. The van der Waals surface area contributed by atoms with E-state index in [2.05, 4.69) is 15.4 Å². The van der Waals surface area contributed by atoms with E-state index >= 15 is 0 Å². The first-order valence-electron chi connectivity index (χ1n) is 14.7. The van der Waals surface area contributed by atoms with E-state index in [9.17, 15) is 23.1 Å².